The molecule has 0 saturated carbocycles. The average Bonchev–Trinajstić information content (AvgIpc) is 3.39. The zero-order valence-electron chi connectivity index (χ0n) is 17.4. The van der Waals surface area contributed by atoms with Crippen LogP contribution < -0.4 is 4.74 Å². The van der Waals surface area contributed by atoms with Gasteiger partial charge in [-0.15, -0.1) is 11.3 Å². The summed E-state index contributed by atoms with van der Waals surface area (Å²) in [7, 11) is -3.47. The lowest BCUT2D eigenvalue weighted by Crippen LogP contribution is -2.40. The van der Waals surface area contributed by atoms with Gasteiger partial charge in [0, 0.05) is 19.3 Å². The molecular weight excluding hydrogens is 448 g/mol. The highest BCUT2D eigenvalue weighted by Gasteiger charge is 2.33. The van der Waals surface area contributed by atoms with Crippen LogP contribution in [0.25, 0.3) is 0 Å². The molecule has 3 heterocycles. The first-order valence-electron chi connectivity index (χ1n) is 10.3. The number of thiophene rings is 1. The summed E-state index contributed by atoms with van der Waals surface area (Å²) >= 11 is 1.21. The number of hydrogen-bond acceptors (Lipinski definition) is 7. The van der Waals surface area contributed by atoms with Crippen LogP contribution in [-0.2, 0) is 32.8 Å². The van der Waals surface area contributed by atoms with Crippen LogP contribution in [0, 0.1) is 5.92 Å². The van der Waals surface area contributed by atoms with Crippen molar-refractivity contribution in [3.8, 4) is 5.75 Å². The number of pyridine rings is 1. The van der Waals surface area contributed by atoms with E-state index in [9.17, 15) is 13.2 Å². The molecule has 1 saturated heterocycles. The lowest BCUT2D eigenvalue weighted by Gasteiger charge is -2.29. The van der Waals surface area contributed by atoms with Crippen LogP contribution in [-0.4, -0.2) is 36.8 Å². The van der Waals surface area contributed by atoms with E-state index in [4.69, 9.17) is 9.47 Å². The van der Waals surface area contributed by atoms with E-state index in [1.165, 1.54) is 15.6 Å². The zero-order chi connectivity index (χ0) is 22.4. The molecule has 3 aromatic rings. The fourth-order valence-electron chi connectivity index (χ4n) is 3.46. The molecule has 7 nitrogen and oxygen atoms in total. The van der Waals surface area contributed by atoms with Crippen LogP contribution in [0.3, 0.4) is 0 Å². The number of hydrogen-bond donors (Lipinski definition) is 0. The molecule has 1 aliphatic rings. The van der Waals surface area contributed by atoms with Crippen molar-refractivity contribution in [3.63, 3.8) is 0 Å². The minimum absolute atomic E-state index is 0.174. The van der Waals surface area contributed by atoms with Gasteiger partial charge in [0.2, 0.25) is 0 Å². The first-order chi connectivity index (χ1) is 15.5. The maximum Gasteiger partial charge on any atom is 0.309 e. The number of sulfonamides is 1. The molecule has 0 unspecified atom stereocenters. The highest BCUT2D eigenvalue weighted by molar-refractivity contribution is 7.91. The minimum Gasteiger partial charge on any atom is -0.487 e. The Morgan fingerprint density at radius 1 is 1.03 bits per heavy atom. The van der Waals surface area contributed by atoms with E-state index in [-0.39, 0.29) is 18.5 Å². The maximum absolute atomic E-state index is 12.6. The molecule has 1 aromatic carbocycles. The van der Waals surface area contributed by atoms with Crippen molar-refractivity contribution >= 4 is 27.3 Å². The fourth-order valence-corrected chi connectivity index (χ4v) is 6.08. The lowest BCUT2D eigenvalue weighted by molar-refractivity contribution is -0.151. The van der Waals surface area contributed by atoms with Gasteiger partial charge < -0.3 is 9.47 Å². The Bertz CT molecular complexity index is 1110. The summed E-state index contributed by atoms with van der Waals surface area (Å²) in [5.41, 5.74) is 1.71. The van der Waals surface area contributed by atoms with Gasteiger partial charge in [0.05, 0.1) is 11.6 Å². The quantitative estimate of drug-likeness (QED) is 0.463. The fraction of sp³-hybridized carbons (Fsp3) is 0.304. The monoisotopic (exact) mass is 472 g/mol. The molecule has 168 valence electrons. The zero-order valence-corrected chi connectivity index (χ0v) is 19.1. The molecule has 9 heteroatoms. The Labute approximate surface area is 191 Å². The van der Waals surface area contributed by atoms with Crippen molar-refractivity contribution in [2.24, 2.45) is 5.92 Å². The van der Waals surface area contributed by atoms with Crippen molar-refractivity contribution in [3.05, 3.63) is 77.4 Å². The first kappa shape index (κ1) is 22.4. The average molecular weight is 473 g/mol. The number of esters is 1. The van der Waals surface area contributed by atoms with Crippen LogP contribution in [0.5, 0.6) is 5.75 Å². The molecule has 0 radical (unpaired) electrons. The van der Waals surface area contributed by atoms with Crippen LogP contribution >= 0.6 is 11.3 Å². The Hall–Kier alpha value is -2.75. The van der Waals surface area contributed by atoms with E-state index in [0.29, 0.717) is 42.5 Å². The Morgan fingerprint density at radius 2 is 1.81 bits per heavy atom. The van der Waals surface area contributed by atoms with Crippen molar-refractivity contribution in [2.45, 2.75) is 30.3 Å². The number of aromatic nitrogens is 1. The summed E-state index contributed by atoms with van der Waals surface area (Å²) in [5, 5.41) is 1.75. The van der Waals surface area contributed by atoms with Gasteiger partial charge in [-0.25, -0.2) is 8.42 Å². The van der Waals surface area contributed by atoms with Gasteiger partial charge in [-0.1, -0.05) is 24.3 Å². The van der Waals surface area contributed by atoms with Gasteiger partial charge in [0.25, 0.3) is 10.0 Å². The van der Waals surface area contributed by atoms with E-state index < -0.39 is 10.0 Å². The van der Waals surface area contributed by atoms with Crippen LogP contribution in [0.1, 0.15) is 24.1 Å². The van der Waals surface area contributed by atoms with Crippen LogP contribution in [0.15, 0.2) is 70.4 Å². The predicted molar refractivity (Wildman–Crippen MR) is 121 cm³/mol. The lowest BCUT2D eigenvalue weighted by atomic mass is 9.98. The molecule has 0 bridgehead atoms. The molecule has 0 aliphatic carbocycles. The number of benzene rings is 1. The van der Waals surface area contributed by atoms with Gasteiger partial charge in [-0.2, -0.15) is 4.31 Å². The predicted octanol–water partition coefficient (Wildman–Crippen LogP) is 3.87. The van der Waals surface area contributed by atoms with E-state index in [0.717, 1.165) is 11.3 Å². The number of rotatable bonds is 8. The Morgan fingerprint density at radius 3 is 2.47 bits per heavy atom. The van der Waals surface area contributed by atoms with Gasteiger partial charge in [-0.05, 0) is 54.1 Å². The van der Waals surface area contributed by atoms with Crippen molar-refractivity contribution in [1.82, 2.24) is 9.29 Å². The first-order valence-corrected chi connectivity index (χ1v) is 12.7. The molecule has 4 rings (SSSR count). The normalized spacial score (nSPS) is 15.4. The third kappa shape index (κ3) is 5.53. The minimum atomic E-state index is -3.47. The molecule has 32 heavy (non-hydrogen) atoms. The van der Waals surface area contributed by atoms with Gasteiger partial charge >= 0.3 is 5.97 Å². The molecule has 0 amide bonds. The highest BCUT2D eigenvalue weighted by atomic mass is 32.2. The van der Waals surface area contributed by atoms with Crippen LogP contribution in [0.2, 0.25) is 0 Å². The summed E-state index contributed by atoms with van der Waals surface area (Å²) in [5.74, 6) is 0.143. The Kier molecular flexibility index (Phi) is 7.19. The van der Waals surface area contributed by atoms with Crippen molar-refractivity contribution in [2.75, 3.05) is 13.1 Å². The summed E-state index contributed by atoms with van der Waals surface area (Å²) in [6, 6.07) is 16.4. The number of ether oxygens (including phenoxy) is 2. The van der Waals surface area contributed by atoms with E-state index in [2.05, 4.69) is 4.98 Å². The molecule has 0 atom stereocenters. The molecule has 0 spiro atoms. The molecular formula is C23H24N2O5S2. The van der Waals surface area contributed by atoms with E-state index >= 15 is 0 Å². The number of carbonyl (C=O) groups is 1. The number of piperidine rings is 1. The standard InChI is InChI=1S/C23H24N2O5S2/c26-23(19-10-13-25(14-11-19)32(27,28)22-5-3-15-31-22)30-16-18-6-8-21(9-7-18)29-17-20-4-1-2-12-24-20/h1-9,12,15,19H,10-11,13-14,16-17H2. The number of carbonyl (C=O) groups excluding carboxylic acids is 1. The molecule has 2 aromatic heterocycles. The van der Waals surface area contributed by atoms with E-state index in [1.807, 2.05) is 42.5 Å². The molecule has 0 N–H and O–H groups in total. The molecule has 1 aliphatic heterocycles. The summed E-state index contributed by atoms with van der Waals surface area (Å²) in [6.45, 7) is 1.20. The van der Waals surface area contributed by atoms with Gasteiger partial charge in [0.15, 0.2) is 0 Å². The topological polar surface area (TPSA) is 85.8 Å². The second kappa shape index (κ2) is 10.2. The summed E-state index contributed by atoms with van der Waals surface area (Å²) in [6.07, 6.45) is 2.65. The van der Waals surface area contributed by atoms with E-state index in [1.54, 1.807) is 23.7 Å². The second-order valence-corrected chi connectivity index (χ2v) is 10.6. The Balaban J connectivity index is 1.22. The molecule has 1 fully saturated rings. The SMILES string of the molecule is O=C(OCc1ccc(OCc2ccccn2)cc1)C1CCN(S(=O)(=O)c2cccs2)CC1. The third-order valence-electron chi connectivity index (χ3n) is 5.29. The third-order valence-corrected chi connectivity index (χ3v) is 8.57. The van der Waals surface area contributed by atoms with Crippen molar-refractivity contribution in [1.29, 1.82) is 0 Å². The van der Waals surface area contributed by atoms with Crippen LogP contribution in [0.4, 0.5) is 0 Å². The van der Waals surface area contributed by atoms with Gasteiger partial charge in [-0.3, -0.25) is 9.78 Å². The second-order valence-electron chi connectivity index (χ2n) is 7.47. The van der Waals surface area contributed by atoms with Crippen molar-refractivity contribution < 1.29 is 22.7 Å². The summed E-state index contributed by atoms with van der Waals surface area (Å²) in [4.78, 5) is 16.7. The maximum atomic E-state index is 12.6. The van der Waals surface area contributed by atoms with Gasteiger partial charge in [0.1, 0.15) is 23.2 Å². The number of nitrogens with zero attached hydrogens (tertiary/aromatic N) is 2. The highest BCUT2D eigenvalue weighted by Crippen LogP contribution is 2.27. The largest absolute Gasteiger partial charge is 0.487 e. The smallest absolute Gasteiger partial charge is 0.309 e. The summed E-state index contributed by atoms with van der Waals surface area (Å²) < 4.78 is 38.2.